The van der Waals surface area contributed by atoms with Crippen molar-refractivity contribution in [1.29, 1.82) is 0 Å². The molecule has 0 aliphatic rings. The molecule has 0 aliphatic carbocycles. The van der Waals surface area contributed by atoms with Crippen LogP contribution in [0, 0.1) is 5.41 Å². The van der Waals surface area contributed by atoms with E-state index >= 15 is 0 Å². The third-order valence-corrected chi connectivity index (χ3v) is 4.33. The van der Waals surface area contributed by atoms with E-state index in [9.17, 15) is 9.59 Å². The largest absolute Gasteiger partial charge is 0.324 e. The van der Waals surface area contributed by atoms with Crippen LogP contribution in [0.5, 0.6) is 0 Å². The van der Waals surface area contributed by atoms with Gasteiger partial charge in [0.1, 0.15) is 5.41 Å². The van der Waals surface area contributed by atoms with Crippen LogP contribution >= 0.6 is 34.8 Å². The molecule has 0 bridgehead atoms. The quantitative estimate of drug-likeness (QED) is 0.706. The van der Waals surface area contributed by atoms with E-state index in [1.54, 1.807) is 36.4 Å². The van der Waals surface area contributed by atoms with Crippen LogP contribution in [0.3, 0.4) is 0 Å². The molecule has 0 fully saturated rings. The molecule has 2 aromatic rings. The lowest BCUT2D eigenvalue weighted by Crippen LogP contribution is -2.41. The van der Waals surface area contributed by atoms with E-state index in [1.165, 1.54) is 19.9 Å². The van der Waals surface area contributed by atoms with E-state index in [1.807, 2.05) is 0 Å². The summed E-state index contributed by atoms with van der Waals surface area (Å²) < 4.78 is 0. The van der Waals surface area contributed by atoms with Crippen LogP contribution in [0.1, 0.15) is 13.8 Å². The zero-order chi connectivity index (χ0) is 17.9. The summed E-state index contributed by atoms with van der Waals surface area (Å²) >= 11 is 17.9. The first kappa shape index (κ1) is 18.6. The minimum Gasteiger partial charge on any atom is -0.324 e. The van der Waals surface area contributed by atoms with E-state index in [4.69, 9.17) is 34.8 Å². The van der Waals surface area contributed by atoms with Gasteiger partial charge in [-0.2, -0.15) is 0 Å². The van der Waals surface area contributed by atoms with E-state index < -0.39 is 17.2 Å². The molecule has 0 saturated heterocycles. The molecule has 24 heavy (non-hydrogen) atoms. The second-order valence-electron chi connectivity index (χ2n) is 5.64. The molecule has 0 saturated carbocycles. The van der Waals surface area contributed by atoms with Crippen molar-refractivity contribution in [2.45, 2.75) is 13.8 Å². The highest BCUT2D eigenvalue weighted by atomic mass is 35.5. The van der Waals surface area contributed by atoms with Crippen molar-refractivity contribution in [3.8, 4) is 0 Å². The maximum Gasteiger partial charge on any atom is 0.239 e. The molecule has 0 aliphatic heterocycles. The predicted octanol–water partition coefficient (Wildman–Crippen LogP) is 5.25. The molecule has 4 nitrogen and oxygen atoms in total. The molecule has 126 valence electrons. The summed E-state index contributed by atoms with van der Waals surface area (Å²) in [6.45, 7) is 3.01. The molecule has 0 radical (unpaired) electrons. The summed E-state index contributed by atoms with van der Waals surface area (Å²) in [5, 5.41) is 6.42. The minimum atomic E-state index is -1.36. The third-order valence-electron chi connectivity index (χ3n) is 3.43. The van der Waals surface area contributed by atoms with Crippen LogP contribution in [0.25, 0.3) is 0 Å². The van der Waals surface area contributed by atoms with Crippen LogP contribution < -0.4 is 10.6 Å². The fraction of sp³-hybridized carbons (Fsp3) is 0.176. The molecular formula is C17H15Cl3N2O2. The third kappa shape index (κ3) is 4.20. The number of para-hydroxylation sites is 1. The lowest BCUT2D eigenvalue weighted by atomic mass is 9.90. The summed E-state index contributed by atoms with van der Waals surface area (Å²) in [7, 11) is 0. The van der Waals surface area contributed by atoms with Crippen molar-refractivity contribution in [3.05, 3.63) is 57.5 Å². The van der Waals surface area contributed by atoms with E-state index in [0.29, 0.717) is 26.4 Å². The number of amides is 2. The van der Waals surface area contributed by atoms with Crippen molar-refractivity contribution in [3.63, 3.8) is 0 Å². The second kappa shape index (κ2) is 7.43. The van der Waals surface area contributed by atoms with E-state index in [0.717, 1.165) is 0 Å². The van der Waals surface area contributed by atoms with Gasteiger partial charge in [0.15, 0.2) is 0 Å². The number of hydrogen-bond acceptors (Lipinski definition) is 2. The van der Waals surface area contributed by atoms with Gasteiger partial charge < -0.3 is 10.6 Å². The van der Waals surface area contributed by atoms with Gasteiger partial charge in [-0.25, -0.2) is 0 Å². The molecule has 0 heterocycles. The lowest BCUT2D eigenvalue weighted by molar-refractivity contribution is -0.135. The molecule has 2 amide bonds. The Bertz CT molecular complexity index is 791. The normalized spacial score (nSPS) is 11.0. The topological polar surface area (TPSA) is 58.2 Å². The van der Waals surface area contributed by atoms with Crippen LogP contribution in [0.4, 0.5) is 11.4 Å². The number of benzene rings is 2. The predicted molar refractivity (Wildman–Crippen MR) is 99.0 cm³/mol. The summed E-state index contributed by atoms with van der Waals surface area (Å²) in [6, 6.07) is 11.5. The highest BCUT2D eigenvalue weighted by Crippen LogP contribution is 2.29. The Balaban J connectivity index is 2.16. The first-order chi connectivity index (χ1) is 11.2. The van der Waals surface area contributed by atoms with Crippen molar-refractivity contribution in [2.24, 2.45) is 5.41 Å². The molecule has 0 aromatic heterocycles. The standard InChI is InChI=1S/C17H15Cl3N2O2/c1-17(2,15(23)21-13-6-4-3-5-11(13)19)16(24)22-14-9-10(18)7-8-12(14)20/h3-9H,1-2H3,(H,21,23)(H,22,24). The molecule has 2 rings (SSSR count). The molecule has 0 atom stereocenters. The Hall–Kier alpha value is -1.75. The average Bonchev–Trinajstić information content (AvgIpc) is 2.53. The molecular weight excluding hydrogens is 371 g/mol. The second-order valence-corrected chi connectivity index (χ2v) is 6.89. The van der Waals surface area contributed by atoms with Crippen molar-refractivity contribution >= 4 is 58.0 Å². The summed E-state index contributed by atoms with van der Waals surface area (Å²) in [5.74, 6) is -1.01. The van der Waals surface area contributed by atoms with Gasteiger partial charge in [0.25, 0.3) is 0 Å². The monoisotopic (exact) mass is 384 g/mol. The number of rotatable bonds is 4. The van der Waals surface area contributed by atoms with Crippen LogP contribution in [0.2, 0.25) is 15.1 Å². The Kier molecular flexibility index (Phi) is 5.75. The van der Waals surface area contributed by atoms with Crippen LogP contribution in [-0.4, -0.2) is 11.8 Å². The lowest BCUT2D eigenvalue weighted by Gasteiger charge is -2.23. The smallest absolute Gasteiger partial charge is 0.239 e. The Morgan fingerprint density at radius 1 is 0.833 bits per heavy atom. The number of hydrogen-bond donors (Lipinski definition) is 2. The zero-order valence-corrected chi connectivity index (χ0v) is 15.3. The number of halogens is 3. The van der Waals surface area contributed by atoms with Gasteiger partial charge in [-0.1, -0.05) is 46.9 Å². The molecule has 0 spiro atoms. The SMILES string of the molecule is CC(C)(C(=O)Nc1ccccc1Cl)C(=O)Nc1cc(Cl)ccc1Cl. The van der Waals surface area contributed by atoms with Gasteiger partial charge in [-0.3, -0.25) is 9.59 Å². The number of carbonyl (C=O) groups is 2. The van der Waals surface area contributed by atoms with Crippen molar-refractivity contribution in [2.75, 3.05) is 10.6 Å². The summed E-state index contributed by atoms with van der Waals surface area (Å²) in [5.41, 5.74) is -0.580. The van der Waals surface area contributed by atoms with Crippen molar-refractivity contribution < 1.29 is 9.59 Å². The van der Waals surface area contributed by atoms with Crippen LogP contribution in [0.15, 0.2) is 42.5 Å². The maximum absolute atomic E-state index is 12.5. The number of nitrogens with one attached hydrogen (secondary N) is 2. The highest BCUT2D eigenvalue weighted by molar-refractivity contribution is 6.36. The van der Waals surface area contributed by atoms with E-state index in [2.05, 4.69) is 10.6 Å². The first-order valence-electron chi connectivity index (χ1n) is 7.04. The first-order valence-corrected chi connectivity index (χ1v) is 8.17. The fourth-order valence-electron chi connectivity index (χ4n) is 1.82. The van der Waals surface area contributed by atoms with Gasteiger partial charge in [-0.05, 0) is 44.2 Å². The average molecular weight is 386 g/mol. The molecule has 0 unspecified atom stereocenters. The van der Waals surface area contributed by atoms with Crippen molar-refractivity contribution in [1.82, 2.24) is 0 Å². The molecule has 2 aromatic carbocycles. The Morgan fingerprint density at radius 2 is 1.38 bits per heavy atom. The highest BCUT2D eigenvalue weighted by Gasteiger charge is 2.36. The molecule has 2 N–H and O–H groups in total. The fourth-order valence-corrected chi connectivity index (χ4v) is 2.34. The maximum atomic E-state index is 12.5. The summed E-state index contributed by atoms with van der Waals surface area (Å²) in [6.07, 6.45) is 0. The van der Waals surface area contributed by atoms with Gasteiger partial charge in [0, 0.05) is 5.02 Å². The number of anilines is 2. The Labute approximate surface area is 155 Å². The van der Waals surface area contributed by atoms with E-state index in [-0.39, 0.29) is 0 Å². The summed E-state index contributed by atoms with van der Waals surface area (Å²) in [4.78, 5) is 25.0. The Morgan fingerprint density at radius 3 is 2.00 bits per heavy atom. The minimum absolute atomic E-state index is 0.329. The zero-order valence-electron chi connectivity index (χ0n) is 13.0. The van der Waals surface area contributed by atoms with Gasteiger partial charge in [0.2, 0.25) is 11.8 Å². The van der Waals surface area contributed by atoms with Gasteiger partial charge >= 0.3 is 0 Å². The van der Waals surface area contributed by atoms with Gasteiger partial charge in [0.05, 0.1) is 21.4 Å². The van der Waals surface area contributed by atoms with Gasteiger partial charge in [-0.15, -0.1) is 0 Å². The number of carbonyl (C=O) groups excluding carboxylic acids is 2. The van der Waals surface area contributed by atoms with Crippen LogP contribution in [-0.2, 0) is 9.59 Å². The molecule has 7 heteroatoms.